The van der Waals surface area contributed by atoms with Crippen LogP contribution in [0.1, 0.15) is 22.3 Å². The van der Waals surface area contributed by atoms with Gasteiger partial charge in [-0.25, -0.2) is 0 Å². The molecule has 0 radical (unpaired) electrons. The summed E-state index contributed by atoms with van der Waals surface area (Å²) < 4.78 is 0. The molecule has 164 valence electrons. The zero-order valence-corrected chi connectivity index (χ0v) is 19.9. The molecule has 8 rings (SSSR count). The second-order valence-corrected chi connectivity index (χ2v) is 10.1. The zero-order chi connectivity index (χ0) is 23.3. The summed E-state index contributed by atoms with van der Waals surface area (Å²) >= 11 is 0. The summed E-state index contributed by atoms with van der Waals surface area (Å²) in [5, 5.41) is 11.0. The minimum atomic E-state index is 1.00. The van der Waals surface area contributed by atoms with Crippen molar-refractivity contribution in [2.24, 2.45) is 0 Å². The molecule has 0 fully saturated rings. The third-order valence-electron chi connectivity index (χ3n) is 8.49. The van der Waals surface area contributed by atoms with Crippen LogP contribution >= 0.6 is 0 Å². The molecule has 7 aromatic carbocycles. The minimum absolute atomic E-state index is 1.00. The Morgan fingerprint density at radius 3 is 2.06 bits per heavy atom. The lowest BCUT2D eigenvalue weighted by Gasteiger charge is -2.23. The van der Waals surface area contributed by atoms with Gasteiger partial charge in [-0.1, -0.05) is 97.1 Å². The molecule has 0 aliphatic heterocycles. The monoisotopic (exact) mass is 444 g/mol. The molecular formula is C35H24. The molecule has 1 aliphatic rings. The molecular weight excluding hydrogens is 420 g/mol. The van der Waals surface area contributed by atoms with E-state index in [9.17, 15) is 0 Å². The van der Waals surface area contributed by atoms with E-state index in [1.807, 2.05) is 0 Å². The highest BCUT2D eigenvalue weighted by molar-refractivity contribution is 6.36. The van der Waals surface area contributed by atoms with Crippen molar-refractivity contribution in [3.8, 4) is 22.3 Å². The lowest BCUT2D eigenvalue weighted by molar-refractivity contribution is 1.26. The summed E-state index contributed by atoms with van der Waals surface area (Å²) in [6.07, 6.45) is 1.00. The molecule has 0 amide bonds. The van der Waals surface area contributed by atoms with Gasteiger partial charge in [0.15, 0.2) is 0 Å². The number of aryl methyl sites for hydroxylation is 1. The summed E-state index contributed by atoms with van der Waals surface area (Å²) in [4.78, 5) is 0. The average molecular weight is 445 g/mol. The largest absolute Gasteiger partial charge is 0.0619 e. The van der Waals surface area contributed by atoms with E-state index in [4.69, 9.17) is 0 Å². The first kappa shape index (κ1) is 19.2. The fourth-order valence-corrected chi connectivity index (χ4v) is 6.81. The quantitative estimate of drug-likeness (QED) is 0.175. The lowest BCUT2D eigenvalue weighted by atomic mass is 9.80. The lowest BCUT2D eigenvalue weighted by Crippen LogP contribution is -1.98. The van der Waals surface area contributed by atoms with E-state index >= 15 is 0 Å². The normalized spacial score (nSPS) is 12.7. The van der Waals surface area contributed by atoms with Crippen molar-refractivity contribution in [3.63, 3.8) is 0 Å². The first-order chi connectivity index (χ1) is 17.2. The molecule has 0 heteroatoms. The number of hydrogen-bond donors (Lipinski definition) is 0. The molecule has 0 unspecified atom stereocenters. The van der Waals surface area contributed by atoms with Crippen molar-refractivity contribution in [1.29, 1.82) is 0 Å². The van der Waals surface area contributed by atoms with E-state index in [1.165, 1.54) is 87.6 Å². The molecule has 0 bridgehead atoms. The van der Waals surface area contributed by atoms with Crippen LogP contribution < -0.4 is 0 Å². The molecule has 35 heavy (non-hydrogen) atoms. The van der Waals surface area contributed by atoms with Crippen molar-refractivity contribution in [2.75, 3.05) is 0 Å². The Morgan fingerprint density at radius 2 is 1.14 bits per heavy atom. The van der Waals surface area contributed by atoms with Crippen LogP contribution in [0.5, 0.6) is 0 Å². The molecule has 0 spiro atoms. The Kier molecular flexibility index (Phi) is 3.67. The second kappa shape index (κ2) is 6.71. The van der Waals surface area contributed by atoms with E-state index in [-0.39, 0.29) is 0 Å². The van der Waals surface area contributed by atoms with Crippen LogP contribution in [0.15, 0.2) is 97.1 Å². The Hall–Kier alpha value is -4.16. The van der Waals surface area contributed by atoms with Gasteiger partial charge in [-0.15, -0.1) is 0 Å². The smallest absolute Gasteiger partial charge is 0.000728 e. The molecule has 0 aromatic heterocycles. The Morgan fingerprint density at radius 1 is 0.457 bits per heavy atom. The Balaban J connectivity index is 1.63. The standard InChI is InChI=1S/C35H24/c1-20-21(2)32(30-16-8-14-26-25-11-4-3-9-23(25)19-31(26)30)35-29-13-6-5-12-27(29)28-15-7-10-22-17-18-24(20)34(35)33(22)28/h3-18H,19H2,1-2H3. The van der Waals surface area contributed by atoms with Crippen LogP contribution in [-0.2, 0) is 6.42 Å². The summed E-state index contributed by atoms with van der Waals surface area (Å²) in [7, 11) is 0. The summed E-state index contributed by atoms with van der Waals surface area (Å²) in [5.74, 6) is 0. The van der Waals surface area contributed by atoms with E-state index in [2.05, 4.69) is 111 Å². The van der Waals surface area contributed by atoms with E-state index in [0.717, 1.165) is 6.42 Å². The van der Waals surface area contributed by atoms with Crippen LogP contribution in [0.25, 0.3) is 65.3 Å². The van der Waals surface area contributed by atoms with Gasteiger partial charge in [-0.2, -0.15) is 0 Å². The fraction of sp³-hybridized carbons (Fsp3) is 0.0857. The minimum Gasteiger partial charge on any atom is -0.0619 e. The Bertz CT molecular complexity index is 1990. The summed E-state index contributed by atoms with van der Waals surface area (Å²) in [5.41, 5.74) is 11.3. The van der Waals surface area contributed by atoms with Crippen molar-refractivity contribution in [1.82, 2.24) is 0 Å². The van der Waals surface area contributed by atoms with Crippen LogP contribution in [0.2, 0.25) is 0 Å². The van der Waals surface area contributed by atoms with Crippen LogP contribution in [0, 0.1) is 13.8 Å². The second-order valence-electron chi connectivity index (χ2n) is 10.1. The van der Waals surface area contributed by atoms with Crippen LogP contribution in [0.3, 0.4) is 0 Å². The van der Waals surface area contributed by atoms with Gasteiger partial charge < -0.3 is 0 Å². The van der Waals surface area contributed by atoms with Gasteiger partial charge in [0.1, 0.15) is 0 Å². The van der Waals surface area contributed by atoms with Gasteiger partial charge in [0.05, 0.1) is 0 Å². The maximum absolute atomic E-state index is 2.36. The average Bonchev–Trinajstić information content (AvgIpc) is 3.29. The first-order valence-corrected chi connectivity index (χ1v) is 12.5. The van der Waals surface area contributed by atoms with Crippen LogP contribution in [0.4, 0.5) is 0 Å². The number of benzene rings is 7. The topological polar surface area (TPSA) is 0 Å². The highest BCUT2D eigenvalue weighted by Gasteiger charge is 2.25. The molecule has 0 saturated carbocycles. The van der Waals surface area contributed by atoms with Gasteiger partial charge in [-0.05, 0) is 108 Å². The van der Waals surface area contributed by atoms with Crippen molar-refractivity contribution in [2.45, 2.75) is 20.3 Å². The molecule has 0 saturated heterocycles. The van der Waals surface area contributed by atoms with Gasteiger partial charge in [0.25, 0.3) is 0 Å². The number of hydrogen-bond acceptors (Lipinski definition) is 0. The van der Waals surface area contributed by atoms with E-state index < -0.39 is 0 Å². The number of fused-ring (bicyclic) bond motifs is 6. The van der Waals surface area contributed by atoms with E-state index in [1.54, 1.807) is 0 Å². The highest BCUT2D eigenvalue weighted by atomic mass is 14.3. The molecule has 0 nitrogen and oxygen atoms in total. The Labute approximate surface area is 204 Å². The van der Waals surface area contributed by atoms with Crippen molar-refractivity contribution >= 4 is 43.1 Å². The van der Waals surface area contributed by atoms with Gasteiger partial charge in [0.2, 0.25) is 0 Å². The maximum Gasteiger partial charge on any atom is -0.000728 e. The highest BCUT2D eigenvalue weighted by Crippen LogP contribution is 2.50. The first-order valence-electron chi connectivity index (χ1n) is 12.5. The summed E-state index contributed by atoms with van der Waals surface area (Å²) in [6, 6.07) is 36.3. The number of rotatable bonds is 1. The molecule has 1 aliphatic carbocycles. The van der Waals surface area contributed by atoms with Gasteiger partial charge in [-0.3, -0.25) is 0 Å². The van der Waals surface area contributed by atoms with E-state index in [0.29, 0.717) is 0 Å². The van der Waals surface area contributed by atoms with Crippen LogP contribution in [-0.4, -0.2) is 0 Å². The maximum atomic E-state index is 2.36. The zero-order valence-electron chi connectivity index (χ0n) is 19.9. The van der Waals surface area contributed by atoms with Crippen molar-refractivity contribution in [3.05, 3.63) is 119 Å². The predicted molar refractivity (Wildman–Crippen MR) is 151 cm³/mol. The molecule has 0 atom stereocenters. The van der Waals surface area contributed by atoms with Gasteiger partial charge in [0, 0.05) is 0 Å². The van der Waals surface area contributed by atoms with Crippen molar-refractivity contribution < 1.29 is 0 Å². The third kappa shape index (κ3) is 2.37. The summed E-state index contributed by atoms with van der Waals surface area (Å²) in [6.45, 7) is 4.64. The molecule has 7 aromatic rings. The fourth-order valence-electron chi connectivity index (χ4n) is 6.81. The van der Waals surface area contributed by atoms with Gasteiger partial charge >= 0.3 is 0 Å². The molecule has 0 N–H and O–H groups in total. The SMILES string of the molecule is Cc1c(C)c2ccc3cccc4c5ccccc5c(c1-c1cccc5c1Cc1ccccc1-5)c2c34. The predicted octanol–water partition coefficient (Wildman–Crippen LogP) is 9.59. The molecule has 0 heterocycles. The third-order valence-corrected chi connectivity index (χ3v) is 8.49.